The summed E-state index contributed by atoms with van der Waals surface area (Å²) >= 11 is 0. The molecule has 0 fully saturated rings. The van der Waals surface area contributed by atoms with Crippen LogP contribution >= 0.6 is 0 Å². The first-order chi connectivity index (χ1) is 21.1. The summed E-state index contributed by atoms with van der Waals surface area (Å²) in [6.07, 6.45) is -5.60. The van der Waals surface area contributed by atoms with E-state index in [9.17, 15) is 35.5 Å². The highest BCUT2D eigenvalue weighted by Gasteiger charge is 2.43. The summed E-state index contributed by atoms with van der Waals surface area (Å²) in [4.78, 5) is 3.20. The van der Waals surface area contributed by atoms with E-state index in [1.807, 2.05) is 0 Å². The van der Waals surface area contributed by atoms with Gasteiger partial charge in [-0.25, -0.2) is 22.5 Å². The summed E-state index contributed by atoms with van der Waals surface area (Å²) in [7, 11) is -3.98. The fourth-order valence-electron chi connectivity index (χ4n) is 5.03. The molecule has 0 amide bonds. The van der Waals surface area contributed by atoms with Gasteiger partial charge in [-0.2, -0.15) is 18.3 Å². The van der Waals surface area contributed by atoms with Crippen LogP contribution in [0, 0.1) is 12.7 Å². The average molecular weight is 651 g/mol. The molecule has 3 heterocycles. The number of hydrogen-bond donors (Lipinski definition) is 1. The molecule has 0 aliphatic carbocycles. The highest BCUT2D eigenvalue weighted by Crippen LogP contribution is 2.43. The molecule has 0 spiro atoms. The minimum absolute atomic E-state index is 0.0228. The smallest absolute Gasteiger partial charge is 0.395 e. The van der Waals surface area contributed by atoms with Gasteiger partial charge in [0.15, 0.2) is 27.0 Å². The largest absolute Gasteiger partial charge is 0.586 e. The second-order valence-electron chi connectivity index (χ2n) is 10.1. The Balaban J connectivity index is 1.57. The topological polar surface area (TPSA) is 108 Å². The third-order valence-electron chi connectivity index (χ3n) is 7.02. The van der Waals surface area contributed by atoms with Crippen molar-refractivity contribution in [3.63, 3.8) is 0 Å². The Morgan fingerprint density at radius 3 is 2.38 bits per heavy atom. The normalized spacial score (nSPS) is 14.2. The second-order valence-corrected chi connectivity index (χ2v) is 12.0. The Hall–Kier alpha value is -4.83. The number of rotatable bonds is 6. The number of aryl methyl sites for hydroxylation is 1. The van der Waals surface area contributed by atoms with E-state index in [0.717, 1.165) is 18.5 Å². The lowest BCUT2D eigenvalue weighted by Gasteiger charge is -2.17. The minimum atomic E-state index is -4.75. The molecule has 5 aromatic rings. The van der Waals surface area contributed by atoms with Gasteiger partial charge in [0.25, 0.3) is 0 Å². The van der Waals surface area contributed by atoms with Crippen molar-refractivity contribution in [2.75, 3.05) is 6.26 Å². The number of aromatic nitrogens is 4. The molecule has 0 bridgehead atoms. The zero-order valence-electron chi connectivity index (χ0n) is 23.1. The van der Waals surface area contributed by atoms with Crippen molar-refractivity contribution in [2.45, 2.75) is 30.9 Å². The molecule has 3 aromatic carbocycles. The molecule has 234 valence electrons. The first-order valence-electron chi connectivity index (χ1n) is 12.9. The zero-order valence-corrected chi connectivity index (χ0v) is 23.9. The van der Waals surface area contributed by atoms with Crippen molar-refractivity contribution in [3.8, 4) is 45.3 Å². The number of aliphatic hydroxyl groups excluding tert-OH is 1. The lowest BCUT2D eigenvalue weighted by atomic mass is 9.98. The van der Waals surface area contributed by atoms with Crippen LogP contribution in [0.25, 0.3) is 33.8 Å². The quantitative estimate of drug-likeness (QED) is 0.222. The number of aliphatic hydroxyl groups is 1. The summed E-state index contributed by atoms with van der Waals surface area (Å²) < 4.78 is 119. The Labute approximate surface area is 250 Å². The van der Waals surface area contributed by atoms with Gasteiger partial charge in [0.1, 0.15) is 11.6 Å². The highest BCUT2D eigenvalue weighted by atomic mass is 32.2. The molecule has 1 N–H and O–H groups in total. The van der Waals surface area contributed by atoms with E-state index in [2.05, 4.69) is 19.6 Å². The SMILES string of the molecule is Cc1nc(C(F)(F)F)cn1-c1ccc(-c2cc(F)c(CO)c(S(C)(=O)=O)c2)cc1-c1ccnn1-c1ccc2c(c1)OC(F)(F)O2. The van der Waals surface area contributed by atoms with E-state index in [1.54, 1.807) is 0 Å². The number of fused-ring (bicyclic) bond motifs is 1. The number of ether oxygens (including phenoxy) is 2. The Morgan fingerprint density at radius 1 is 0.978 bits per heavy atom. The van der Waals surface area contributed by atoms with Crippen LogP contribution in [0.1, 0.15) is 17.1 Å². The highest BCUT2D eigenvalue weighted by molar-refractivity contribution is 7.90. The van der Waals surface area contributed by atoms with E-state index >= 15 is 4.39 Å². The van der Waals surface area contributed by atoms with Crippen molar-refractivity contribution < 1.29 is 49.3 Å². The predicted octanol–water partition coefficient (Wildman–Crippen LogP) is 6.08. The van der Waals surface area contributed by atoms with Crippen LogP contribution in [0.4, 0.5) is 26.3 Å². The van der Waals surface area contributed by atoms with Gasteiger partial charge in [-0.15, -0.1) is 8.78 Å². The lowest BCUT2D eigenvalue weighted by molar-refractivity contribution is -0.286. The van der Waals surface area contributed by atoms with Crippen LogP contribution in [0.3, 0.4) is 0 Å². The Bertz CT molecular complexity index is 2090. The van der Waals surface area contributed by atoms with Gasteiger partial charge in [0.05, 0.1) is 34.8 Å². The van der Waals surface area contributed by atoms with Gasteiger partial charge in [-0.1, -0.05) is 6.07 Å². The molecular weight excluding hydrogens is 630 g/mol. The third-order valence-corrected chi connectivity index (χ3v) is 8.19. The van der Waals surface area contributed by atoms with Crippen molar-refractivity contribution in [1.29, 1.82) is 0 Å². The molecule has 1 aliphatic rings. The molecule has 0 radical (unpaired) electrons. The number of alkyl halides is 5. The fourth-order valence-corrected chi connectivity index (χ4v) is 5.98. The van der Waals surface area contributed by atoms with Gasteiger partial charge >= 0.3 is 12.5 Å². The van der Waals surface area contributed by atoms with Crippen LogP contribution in [-0.2, 0) is 22.6 Å². The first kappa shape index (κ1) is 30.2. The Morgan fingerprint density at radius 2 is 1.71 bits per heavy atom. The number of halogens is 6. The van der Waals surface area contributed by atoms with Crippen LogP contribution in [0.5, 0.6) is 11.5 Å². The van der Waals surface area contributed by atoms with Gasteiger partial charge in [0.2, 0.25) is 0 Å². The molecule has 16 heteroatoms. The van der Waals surface area contributed by atoms with Gasteiger partial charge in [0, 0.05) is 29.6 Å². The number of hydrogen-bond acceptors (Lipinski definition) is 7. The number of benzene rings is 3. The van der Waals surface area contributed by atoms with E-state index in [-0.39, 0.29) is 51.1 Å². The molecule has 0 atom stereocenters. The first-order valence-corrected chi connectivity index (χ1v) is 14.8. The fraction of sp³-hybridized carbons (Fsp3) is 0.172. The van der Waals surface area contributed by atoms with Gasteiger partial charge in [-0.05, 0) is 60.5 Å². The van der Waals surface area contributed by atoms with E-state index in [1.165, 1.54) is 70.9 Å². The molecule has 0 unspecified atom stereocenters. The molecule has 45 heavy (non-hydrogen) atoms. The summed E-state index contributed by atoms with van der Waals surface area (Å²) in [5, 5.41) is 13.9. The van der Waals surface area contributed by atoms with Crippen LogP contribution < -0.4 is 9.47 Å². The summed E-state index contributed by atoms with van der Waals surface area (Å²) in [5.41, 5.74) is -0.323. The second kappa shape index (κ2) is 10.4. The lowest BCUT2D eigenvalue weighted by Crippen LogP contribution is -2.25. The van der Waals surface area contributed by atoms with Crippen LogP contribution in [0.15, 0.2) is 71.9 Å². The monoisotopic (exact) mass is 650 g/mol. The van der Waals surface area contributed by atoms with E-state index in [4.69, 9.17) is 0 Å². The maximum Gasteiger partial charge on any atom is 0.586 e. The van der Waals surface area contributed by atoms with Crippen LogP contribution in [-0.4, -0.2) is 45.4 Å². The molecule has 9 nitrogen and oxygen atoms in total. The van der Waals surface area contributed by atoms with Crippen molar-refractivity contribution in [1.82, 2.24) is 19.3 Å². The van der Waals surface area contributed by atoms with Gasteiger partial charge < -0.3 is 19.1 Å². The van der Waals surface area contributed by atoms with E-state index < -0.39 is 50.9 Å². The molecule has 0 saturated carbocycles. The van der Waals surface area contributed by atoms with Gasteiger partial charge in [-0.3, -0.25) is 0 Å². The standard InChI is InChI=1S/C29H20F6N4O5S/c1-15-37-27(28(31,32)33)13-38(15)22-5-3-16(17-10-21(30)20(14-40)26(11-17)45(2,41)42)9-19(22)23-7-8-36-39(23)18-4-6-24-25(12-18)44-29(34,35)43-24/h3-13,40H,14H2,1-2H3. The summed E-state index contributed by atoms with van der Waals surface area (Å²) in [6.45, 7) is 0.490. The van der Waals surface area contributed by atoms with Crippen molar-refractivity contribution in [3.05, 3.63) is 89.9 Å². The van der Waals surface area contributed by atoms with E-state index in [0.29, 0.717) is 0 Å². The number of nitrogens with zero attached hydrogens (tertiary/aromatic N) is 4. The zero-order chi connectivity index (χ0) is 32.5. The van der Waals surface area contributed by atoms with Crippen LogP contribution in [0.2, 0.25) is 0 Å². The maximum absolute atomic E-state index is 15.0. The minimum Gasteiger partial charge on any atom is -0.395 e. The predicted molar refractivity (Wildman–Crippen MR) is 146 cm³/mol. The van der Waals surface area contributed by atoms with Crippen molar-refractivity contribution >= 4 is 9.84 Å². The van der Waals surface area contributed by atoms with Crippen molar-refractivity contribution in [2.24, 2.45) is 0 Å². The molecule has 6 rings (SSSR count). The number of sulfone groups is 1. The molecule has 1 aliphatic heterocycles. The molecular formula is C29H20F6N4O5S. The molecule has 2 aromatic heterocycles. The average Bonchev–Trinajstić information content (AvgIpc) is 3.66. The third kappa shape index (κ3) is 5.50. The number of imidazole rings is 1. The maximum atomic E-state index is 15.0. The Kier molecular flexibility index (Phi) is 6.96. The summed E-state index contributed by atoms with van der Waals surface area (Å²) in [5.74, 6) is -1.50. The summed E-state index contributed by atoms with van der Waals surface area (Å²) in [6, 6.07) is 12.0. The molecule has 0 saturated heterocycles.